The number of benzene rings is 1. The fraction of sp³-hybridized carbons (Fsp3) is 0.292. The van der Waals surface area contributed by atoms with Gasteiger partial charge in [-0.25, -0.2) is 18.6 Å². The van der Waals surface area contributed by atoms with Gasteiger partial charge in [-0.3, -0.25) is 5.10 Å². The number of nitrogens with zero attached hydrogens (tertiary/aromatic N) is 3. The standard InChI is InChI=1S/C24H27ClF2N6O3Si/c1-37(2,3)9-8-35-14-33-13-17(25)21-20(5-6-28-23(21)33)36-22-18(26)10-16(11-19(22)27)31-24(34)29-12-15-4-7-30-32-15/h4-7,10-11,13H,8-9,12,14H2,1-3H3,(H,30,32)(H2,29,31,34). The van der Waals surface area contributed by atoms with Gasteiger partial charge >= 0.3 is 6.03 Å². The summed E-state index contributed by atoms with van der Waals surface area (Å²) < 4.78 is 42.8. The van der Waals surface area contributed by atoms with E-state index in [0.717, 1.165) is 18.2 Å². The molecule has 4 aromatic rings. The summed E-state index contributed by atoms with van der Waals surface area (Å²) in [4.78, 5) is 16.4. The fourth-order valence-electron chi connectivity index (χ4n) is 3.44. The largest absolute Gasteiger partial charge is 0.450 e. The maximum Gasteiger partial charge on any atom is 0.319 e. The van der Waals surface area contributed by atoms with Crippen LogP contribution in [0.15, 0.2) is 42.9 Å². The van der Waals surface area contributed by atoms with E-state index in [0.29, 0.717) is 28.4 Å². The first-order valence-corrected chi connectivity index (χ1v) is 15.6. The molecule has 3 heterocycles. The number of fused-ring (bicyclic) bond motifs is 1. The van der Waals surface area contributed by atoms with Gasteiger partial charge < -0.3 is 24.7 Å². The number of amides is 2. The van der Waals surface area contributed by atoms with Crippen LogP contribution in [-0.4, -0.2) is 40.5 Å². The molecule has 4 rings (SSSR count). The molecule has 0 fully saturated rings. The first-order valence-electron chi connectivity index (χ1n) is 11.5. The van der Waals surface area contributed by atoms with Crippen molar-refractivity contribution in [2.75, 3.05) is 11.9 Å². The van der Waals surface area contributed by atoms with Crippen LogP contribution in [0.4, 0.5) is 19.3 Å². The van der Waals surface area contributed by atoms with Gasteiger partial charge in [0, 0.05) is 51.1 Å². The van der Waals surface area contributed by atoms with Crippen LogP contribution in [-0.2, 0) is 18.0 Å². The molecule has 0 aliphatic carbocycles. The Bertz CT molecular complexity index is 1370. The molecule has 0 saturated carbocycles. The quantitative estimate of drug-likeness (QED) is 0.163. The topological polar surface area (TPSA) is 106 Å². The Morgan fingerprint density at radius 2 is 1.95 bits per heavy atom. The molecule has 3 N–H and O–H groups in total. The lowest BCUT2D eigenvalue weighted by Crippen LogP contribution is -2.28. The first-order chi connectivity index (χ1) is 17.6. The molecule has 2 amide bonds. The summed E-state index contributed by atoms with van der Waals surface area (Å²) >= 11 is 6.43. The van der Waals surface area contributed by atoms with Crippen molar-refractivity contribution in [2.24, 2.45) is 0 Å². The van der Waals surface area contributed by atoms with Gasteiger partial charge in [0.25, 0.3) is 0 Å². The number of halogens is 3. The van der Waals surface area contributed by atoms with Gasteiger partial charge in [-0.2, -0.15) is 5.10 Å². The summed E-state index contributed by atoms with van der Waals surface area (Å²) in [6, 6.07) is 5.45. The molecule has 0 spiro atoms. The highest BCUT2D eigenvalue weighted by atomic mass is 35.5. The van der Waals surface area contributed by atoms with E-state index in [1.54, 1.807) is 23.0 Å². The van der Waals surface area contributed by atoms with Crippen molar-refractivity contribution in [3.63, 3.8) is 0 Å². The van der Waals surface area contributed by atoms with E-state index in [1.807, 2.05) is 0 Å². The van der Waals surface area contributed by atoms with E-state index >= 15 is 0 Å². The van der Waals surface area contributed by atoms with Gasteiger partial charge in [0.15, 0.2) is 17.4 Å². The van der Waals surface area contributed by atoms with Gasteiger partial charge in [-0.1, -0.05) is 31.2 Å². The van der Waals surface area contributed by atoms with Gasteiger partial charge in [-0.15, -0.1) is 0 Å². The van der Waals surface area contributed by atoms with E-state index in [2.05, 4.69) is 45.5 Å². The van der Waals surface area contributed by atoms with Crippen molar-refractivity contribution in [2.45, 2.75) is 39.0 Å². The van der Waals surface area contributed by atoms with Gasteiger partial charge in [0.2, 0.25) is 0 Å². The lowest BCUT2D eigenvalue weighted by atomic mass is 10.2. The first kappa shape index (κ1) is 26.6. The molecule has 1 aromatic carbocycles. The molecule has 0 saturated heterocycles. The van der Waals surface area contributed by atoms with Gasteiger partial charge in [0.1, 0.15) is 18.1 Å². The normalized spacial score (nSPS) is 11.6. The minimum Gasteiger partial charge on any atom is -0.450 e. The van der Waals surface area contributed by atoms with Crippen LogP contribution in [0.25, 0.3) is 11.0 Å². The van der Waals surface area contributed by atoms with Crippen LogP contribution in [0.3, 0.4) is 0 Å². The second-order valence-electron chi connectivity index (χ2n) is 9.56. The number of ether oxygens (including phenoxy) is 2. The number of rotatable bonds is 10. The van der Waals surface area contributed by atoms with Crippen LogP contribution in [0.2, 0.25) is 30.7 Å². The van der Waals surface area contributed by atoms with Gasteiger partial charge in [-0.05, 0) is 18.2 Å². The predicted molar refractivity (Wildman–Crippen MR) is 140 cm³/mol. The highest BCUT2D eigenvalue weighted by Gasteiger charge is 2.20. The van der Waals surface area contributed by atoms with Crippen molar-refractivity contribution >= 4 is 42.4 Å². The number of pyridine rings is 1. The number of hydrogen-bond acceptors (Lipinski definition) is 5. The molecular formula is C24H27ClF2N6O3Si. The minimum atomic E-state index is -1.23. The molecular weight excluding hydrogens is 522 g/mol. The van der Waals surface area contributed by atoms with Gasteiger partial charge in [0.05, 0.1) is 22.6 Å². The summed E-state index contributed by atoms with van der Waals surface area (Å²) in [5.41, 5.74) is 1.05. The summed E-state index contributed by atoms with van der Waals surface area (Å²) in [7, 11) is -1.23. The number of nitrogens with one attached hydrogen (secondary N) is 3. The number of aromatic amines is 1. The number of carbonyl (C=O) groups is 1. The molecule has 0 atom stereocenters. The zero-order valence-electron chi connectivity index (χ0n) is 20.6. The summed E-state index contributed by atoms with van der Waals surface area (Å²) in [5, 5.41) is 12.1. The second kappa shape index (κ2) is 11.3. The zero-order chi connectivity index (χ0) is 26.6. The number of carbonyl (C=O) groups excluding carboxylic acids is 1. The SMILES string of the molecule is C[Si](C)(C)CCOCn1cc(Cl)c2c(Oc3c(F)cc(NC(=O)NCc4ccn[nH]4)cc3F)ccnc21. The zero-order valence-corrected chi connectivity index (χ0v) is 22.3. The predicted octanol–water partition coefficient (Wildman–Crippen LogP) is 6.12. The molecule has 0 unspecified atom stereocenters. The Morgan fingerprint density at radius 3 is 2.62 bits per heavy atom. The molecule has 0 radical (unpaired) electrons. The van der Waals surface area contributed by atoms with Crippen molar-refractivity contribution in [1.82, 2.24) is 25.1 Å². The highest BCUT2D eigenvalue weighted by molar-refractivity contribution is 6.76. The van der Waals surface area contributed by atoms with Crippen LogP contribution in [0.1, 0.15) is 5.69 Å². The van der Waals surface area contributed by atoms with Crippen LogP contribution < -0.4 is 15.4 Å². The molecule has 0 bridgehead atoms. The summed E-state index contributed by atoms with van der Waals surface area (Å²) in [6.07, 6.45) is 4.64. The van der Waals surface area contributed by atoms with E-state index in [4.69, 9.17) is 21.1 Å². The monoisotopic (exact) mass is 548 g/mol. The Hall–Kier alpha value is -3.48. The summed E-state index contributed by atoms with van der Waals surface area (Å²) in [5.74, 6) is -2.50. The second-order valence-corrected chi connectivity index (χ2v) is 15.6. The molecule has 9 nitrogen and oxygen atoms in total. The van der Waals surface area contributed by atoms with Crippen molar-refractivity contribution in [3.8, 4) is 11.5 Å². The number of urea groups is 1. The third-order valence-corrected chi connectivity index (χ3v) is 7.36. The van der Waals surface area contributed by atoms with Crippen LogP contribution >= 0.6 is 11.6 Å². The van der Waals surface area contributed by atoms with Crippen molar-refractivity contribution in [1.29, 1.82) is 0 Å². The number of H-pyrrole nitrogens is 1. The molecule has 0 aliphatic rings. The van der Waals surface area contributed by atoms with E-state index < -0.39 is 31.5 Å². The Balaban J connectivity index is 1.47. The van der Waals surface area contributed by atoms with E-state index in [9.17, 15) is 13.6 Å². The number of aromatic nitrogens is 4. The Kier molecular flexibility index (Phi) is 8.10. The lowest BCUT2D eigenvalue weighted by Gasteiger charge is -2.15. The van der Waals surface area contributed by atoms with Crippen molar-refractivity contribution in [3.05, 3.63) is 65.2 Å². The fourth-order valence-corrected chi connectivity index (χ4v) is 4.49. The van der Waals surface area contributed by atoms with E-state index in [1.165, 1.54) is 12.3 Å². The summed E-state index contributed by atoms with van der Waals surface area (Å²) in [6.45, 7) is 7.81. The lowest BCUT2D eigenvalue weighted by molar-refractivity contribution is 0.0899. The maximum absolute atomic E-state index is 14.8. The average molecular weight is 549 g/mol. The Morgan fingerprint density at radius 1 is 1.19 bits per heavy atom. The van der Waals surface area contributed by atoms with Crippen LogP contribution in [0, 0.1) is 11.6 Å². The maximum atomic E-state index is 14.8. The van der Waals surface area contributed by atoms with E-state index in [-0.39, 0.29) is 24.7 Å². The number of hydrogen-bond donors (Lipinski definition) is 3. The molecule has 196 valence electrons. The minimum absolute atomic E-state index is 0.0796. The molecule has 37 heavy (non-hydrogen) atoms. The highest BCUT2D eigenvalue weighted by Crippen LogP contribution is 2.37. The number of anilines is 1. The molecule has 0 aliphatic heterocycles. The molecule has 3 aromatic heterocycles. The third kappa shape index (κ3) is 6.84. The average Bonchev–Trinajstić information content (AvgIpc) is 3.45. The third-order valence-electron chi connectivity index (χ3n) is 5.37. The van der Waals surface area contributed by atoms with Crippen molar-refractivity contribution < 1.29 is 23.0 Å². The van der Waals surface area contributed by atoms with Crippen LogP contribution in [0.5, 0.6) is 11.5 Å². The Labute approximate surface area is 218 Å². The smallest absolute Gasteiger partial charge is 0.319 e. The molecule has 13 heteroatoms.